The molecule has 3 N–H and O–H groups in total. The van der Waals surface area contributed by atoms with E-state index in [9.17, 15) is 4.79 Å². The topological polar surface area (TPSA) is 82.2 Å². The van der Waals surface area contributed by atoms with Crippen LogP contribution in [0.15, 0.2) is 6.20 Å². The Morgan fingerprint density at radius 3 is 2.81 bits per heavy atom. The number of aromatic nitrogens is 2. The number of carbonyl (C=O) groups is 1. The molecule has 1 heterocycles. The molecule has 0 fully saturated rings. The second-order valence-corrected chi connectivity index (χ2v) is 12.0. The van der Waals surface area contributed by atoms with Crippen molar-refractivity contribution in [3.63, 3.8) is 0 Å². The van der Waals surface area contributed by atoms with Crippen LogP contribution in [0, 0.1) is 0 Å². The van der Waals surface area contributed by atoms with Crippen molar-refractivity contribution in [3.8, 4) is 0 Å². The fourth-order valence-electron chi connectivity index (χ4n) is 1.69. The van der Waals surface area contributed by atoms with Crippen LogP contribution in [0.2, 0.25) is 25.7 Å². The molecule has 6 nitrogen and oxygen atoms in total. The van der Waals surface area contributed by atoms with Gasteiger partial charge in [-0.05, 0) is 12.5 Å². The number of nitrogens with zero attached hydrogens (tertiary/aromatic N) is 2. The zero-order valence-electron chi connectivity index (χ0n) is 13.6. The van der Waals surface area contributed by atoms with Crippen molar-refractivity contribution in [2.24, 2.45) is 0 Å². The van der Waals surface area contributed by atoms with Gasteiger partial charge in [0.25, 0.3) is 5.91 Å². The summed E-state index contributed by atoms with van der Waals surface area (Å²) in [6.45, 7) is 10.7. The number of carbonyl (C=O) groups excluding carboxylic acids is 1. The van der Waals surface area contributed by atoms with Gasteiger partial charge in [-0.1, -0.05) is 33.0 Å². The van der Waals surface area contributed by atoms with E-state index in [2.05, 4.69) is 37.0 Å². The molecular formula is C14H28N4O2Si. The standard InChI is InChI=1S/C14H28N4O2Si/c1-5-6-7-16-14(19)12-10-18(17-13(12)15)11-20-8-9-21(2,3)4/h10H,5-9,11H2,1-4H3,(H2,15,17)(H,16,19). The third-order valence-electron chi connectivity index (χ3n) is 3.07. The first-order valence-electron chi connectivity index (χ1n) is 7.52. The van der Waals surface area contributed by atoms with E-state index in [-0.39, 0.29) is 11.7 Å². The summed E-state index contributed by atoms with van der Waals surface area (Å²) >= 11 is 0. The molecule has 1 amide bonds. The lowest BCUT2D eigenvalue weighted by molar-refractivity contribution is 0.0786. The predicted molar refractivity (Wildman–Crippen MR) is 88.0 cm³/mol. The molecule has 0 bridgehead atoms. The van der Waals surface area contributed by atoms with Gasteiger partial charge in [0.1, 0.15) is 12.3 Å². The van der Waals surface area contributed by atoms with Crippen molar-refractivity contribution in [2.45, 2.75) is 52.2 Å². The van der Waals surface area contributed by atoms with Crippen LogP contribution in [0.5, 0.6) is 0 Å². The van der Waals surface area contributed by atoms with Crippen molar-refractivity contribution in [2.75, 3.05) is 18.9 Å². The second-order valence-electron chi connectivity index (χ2n) is 6.42. The van der Waals surface area contributed by atoms with Gasteiger partial charge in [0.05, 0.1) is 0 Å². The van der Waals surface area contributed by atoms with Crippen LogP contribution in [-0.4, -0.2) is 36.9 Å². The molecule has 0 aromatic carbocycles. The largest absolute Gasteiger partial charge is 0.382 e. The number of hydrogen-bond acceptors (Lipinski definition) is 4. The van der Waals surface area contributed by atoms with E-state index in [0.717, 1.165) is 18.9 Å². The Labute approximate surface area is 128 Å². The molecule has 0 aliphatic carbocycles. The van der Waals surface area contributed by atoms with Gasteiger partial charge in [-0.25, -0.2) is 4.68 Å². The first-order valence-corrected chi connectivity index (χ1v) is 11.2. The van der Waals surface area contributed by atoms with E-state index in [4.69, 9.17) is 10.5 Å². The van der Waals surface area contributed by atoms with Crippen LogP contribution < -0.4 is 11.1 Å². The van der Waals surface area contributed by atoms with Crippen LogP contribution in [-0.2, 0) is 11.5 Å². The first-order chi connectivity index (χ1) is 9.83. The number of anilines is 1. The summed E-state index contributed by atoms with van der Waals surface area (Å²) in [6, 6.07) is 1.11. The summed E-state index contributed by atoms with van der Waals surface area (Å²) in [5, 5.41) is 6.95. The number of hydrogen-bond donors (Lipinski definition) is 2. The van der Waals surface area contributed by atoms with Gasteiger partial charge < -0.3 is 15.8 Å². The summed E-state index contributed by atoms with van der Waals surface area (Å²) in [5.41, 5.74) is 6.20. The van der Waals surface area contributed by atoms with E-state index in [0.29, 0.717) is 25.4 Å². The highest BCUT2D eigenvalue weighted by molar-refractivity contribution is 6.76. The minimum atomic E-state index is -1.08. The number of nitrogens with one attached hydrogen (secondary N) is 1. The average Bonchev–Trinajstić information content (AvgIpc) is 2.75. The molecule has 0 spiro atoms. The molecule has 0 aliphatic rings. The number of nitrogens with two attached hydrogens (primary N) is 1. The van der Waals surface area contributed by atoms with Crippen molar-refractivity contribution < 1.29 is 9.53 Å². The molecule has 0 saturated carbocycles. The van der Waals surface area contributed by atoms with Gasteiger partial charge >= 0.3 is 0 Å². The van der Waals surface area contributed by atoms with Crippen molar-refractivity contribution in [1.82, 2.24) is 15.1 Å². The van der Waals surface area contributed by atoms with Gasteiger partial charge in [0, 0.05) is 27.4 Å². The van der Waals surface area contributed by atoms with E-state index >= 15 is 0 Å². The Kier molecular flexibility index (Phi) is 6.90. The van der Waals surface area contributed by atoms with E-state index in [1.54, 1.807) is 10.9 Å². The fraction of sp³-hybridized carbons (Fsp3) is 0.714. The molecule has 1 aromatic rings. The SMILES string of the molecule is CCCCNC(=O)c1cn(COCC[Si](C)(C)C)nc1N. The number of amides is 1. The zero-order chi connectivity index (χ0) is 15.9. The quantitative estimate of drug-likeness (QED) is 0.541. The van der Waals surface area contributed by atoms with Gasteiger partial charge in [-0.2, -0.15) is 5.10 Å². The van der Waals surface area contributed by atoms with Crippen molar-refractivity contribution in [3.05, 3.63) is 11.8 Å². The second kappa shape index (κ2) is 8.19. The Hall–Kier alpha value is -1.34. The maximum Gasteiger partial charge on any atom is 0.256 e. The van der Waals surface area contributed by atoms with Crippen LogP contribution in [0.3, 0.4) is 0 Å². The Bertz CT molecular complexity index is 454. The van der Waals surface area contributed by atoms with Crippen LogP contribution in [0.1, 0.15) is 30.1 Å². The number of unbranched alkanes of at least 4 members (excludes halogenated alkanes) is 1. The lowest BCUT2D eigenvalue weighted by atomic mass is 10.3. The molecular weight excluding hydrogens is 284 g/mol. The molecule has 0 aliphatic heterocycles. The molecule has 0 unspecified atom stereocenters. The highest BCUT2D eigenvalue weighted by Gasteiger charge is 2.15. The minimum Gasteiger partial charge on any atom is -0.382 e. The van der Waals surface area contributed by atoms with Gasteiger partial charge in [0.15, 0.2) is 5.82 Å². The van der Waals surface area contributed by atoms with E-state index in [1.807, 2.05) is 0 Å². The summed E-state index contributed by atoms with van der Waals surface area (Å²) in [4.78, 5) is 11.9. The Morgan fingerprint density at radius 1 is 1.48 bits per heavy atom. The third kappa shape index (κ3) is 6.77. The fourth-order valence-corrected chi connectivity index (χ4v) is 2.44. The Morgan fingerprint density at radius 2 is 2.19 bits per heavy atom. The third-order valence-corrected chi connectivity index (χ3v) is 4.77. The van der Waals surface area contributed by atoms with Crippen molar-refractivity contribution in [1.29, 1.82) is 0 Å². The summed E-state index contributed by atoms with van der Waals surface area (Å²) in [6.07, 6.45) is 3.64. The molecule has 0 radical (unpaired) electrons. The average molecular weight is 312 g/mol. The monoisotopic (exact) mass is 312 g/mol. The van der Waals surface area contributed by atoms with Crippen LogP contribution in [0.4, 0.5) is 5.82 Å². The number of nitrogen functional groups attached to an aromatic ring is 1. The van der Waals surface area contributed by atoms with E-state index in [1.165, 1.54) is 0 Å². The molecule has 7 heteroatoms. The smallest absolute Gasteiger partial charge is 0.256 e. The zero-order valence-corrected chi connectivity index (χ0v) is 14.6. The number of rotatable bonds is 9. The number of ether oxygens (including phenoxy) is 1. The lowest BCUT2D eigenvalue weighted by Crippen LogP contribution is -2.24. The van der Waals surface area contributed by atoms with Gasteiger partial charge in [-0.15, -0.1) is 0 Å². The Balaban J connectivity index is 2.44. The molecule has 1 aromatic heterocycles. The normalized spacial score (nSPS) is 11.6. The lowest BCUT2D eigenvalue weighted by Gasteiger charge is -2.15. The molecule has 120 valence electrons. The molecule has 0 atom stereocenters. The summed E-state index contributed by atoms with van der Waals surface area (Å²) in [7, 11) is -1.08. The van der Waals surface area contributed by atoms with Crippen LogP contribution >= 0.6 is 0 Å². The summed E-state index contributed by atoms with van der Waals surface area (Å²) in [5.74, 6) is 0.0760. The maximum atomic E-state index is 11.9. The highest BCUT2D eigenvalue weighted by Crippen LogP contribution is 2.10. The first kappa shape index (κ1) is 17.7. The van der Waals surface area contributed by atoms with Crippen molar-refractivity contribution >= 4 is 19.8 Å². The predicted octanol–water partition coefficient (Wildman–Crippen LogP) is 2.31. The van der Waals surface area contributed by atoms with E-state index < -0.39 is 8.07 Å². The van der Waals surface area contributed by atoms with Gasteiger partial charge in [0.2, 0.25) is 0 Å². The summed E-state index contributed by atoms with van der Waals surface area (Å²) < 4.78 is 7.17. The minimum absolute atomic E-state index is 0.172. The maximum absolute atomic E-state index is 11.9. The molecule has 1 rings (SSSR count). The van der Waals surface area contributed by atoms with Crippen LogP contribution in [0.25, 0.3) is 0 Å². The van der Waals surface area contributed by atoms with Gasteiger partial charge in [-0.3, -0.25) is 4.79 Å². The molecule has 0 saturated heterocycles. The molecule has 21 heavy (non-hydrogen) atoms. The highest BCUT2D eigenvalue weighted by atomic mass is 28.3.